The molecule has 0 saturated carbocycles. The lowest BCUT2D eigenvalue weighted by molar-refractivity contribution is -0.118. The van der Waals surface area contributed by atoms with Gasteiger partial charge in [0.2, 0.25) is 0 Å². The number of ketones is 1. The number of para-hydroxylation sites is 1. The number of nitrogens with zero attached hydrogens (tertiary/aromatic N) is 2. The summed E-state index contributed by atoms with van der Waals surface area (Å²) in [6, 6.07) is 25.3. The second kappa shape index (κ2) is 7.48. The molecule has 28 heavy (non-hydrogen) atoms. The van der Waals surface area contributed by atoms with Crippen LogP contribution >= 0.6 is 0 Å². The van der Waals surface area contributed by atoms with Crippen LogP contribution in [-0.2, 0) is 4.79 Å². The summed E-state index contributed by atoms with van der Waals surface area (Å²) in [7, 11) is 1.54. The Hall–Kier alpha value is -3.73. The molecule has 1 atom stereocenters. The number of hydrogen-bond donors (Lipinski definition) is 0. The van der Waals surface area contributed by atoms with Crippen LogP contribution < -0.4 is 9.75 Å². The van der Waals surface area contributed by atoms with Crippen LogP contribution in [0.2, 0.25) is 0 Å². The Kier molecular flexibility index (Phi) is 4.72. The maximum Gasteiger partial charge on any atom is 0.264 e. The number of benzene rings is 3. The number of Topliss-reactive ketones (excluding diaryl/α,β-unsaturated/α-hetero) is 1. The lowest BCUT2D eigenvalue weighted by atomic mass is 9.89. The fraction of sp³-hybridized carbons (Fsp3) is 0.0870. The molecule has 138 valence electrons. The molecule has 0 bridgehead atoms. The molecule has 3 aromatic carbocycles. The average Bonchev–Trinajstić information content (AvgIpc) is 3.11. The maximum atomic E-state index is 13.3. The first-order chi connectivity index (χ1) is 13.7. The third-order valence-corrected chi connectivity index (χ3v) is 4.62. The summed E-state index contributed by atoms with van der Waals surface area (Å²) in [4.78, 5) is 26.5. The summed E-state index contributed by atoms with van der Waals surface area (Å²) in [6.07, 6.45) is 0. The number of rotatable bonds is 5. The van der Waals surface area contributed by atoms with Crippen LogP contribution in [0.25, 0.3) is 0 Å². The van der Waals surface area contributed by atoms with Gasteiger partial charge in [-0.2, -0.15) is 10.1 Å². The first-order valence-corrected chi connectivity index (χ1v) is 8.90. The van der Waals surface area contributed by atoms with Crippen molar-refractivity contribution in [1.82, 2.24) is 0 Å². The normalized spacial score (nSPS) is 16.0. The van der Waals surface area contributed by atoms with Gasteiger partial charge in [0.25, 0.3) is 5.91 Å². The Balaban J connectivity index is 1.79. The fourth-order valence-corrected chi connectivity index (χ4v) is 3.22. The zero-order valence-electron chi connectivity index (χ0n) is 15.3. The zero-order chi connectivity index (χ0) is 19.5. The summed E-state index contributed by atoms with van der Waals surface area (Å²) in [5, 5.41) is 5.84. The number of hydrogen-bond acceptors (Lipinski definition) is 4. The van der Waals surface area contributed by atoms with Gasteiger partial charge in [-0.1, -0.05) is 60.7 Å². The first-order valence-electron chi connectivity index (χ1n) is 8.90. The van der Waals surface area contributed by atoms with E-state index < -0.39 is 5.92 Å². The molecule has 5 nitrogen and oxygen atoms in total. The number of anilines is 1. The van der Waals surface area contributed by atoms with E-state index in [4.69, 9.17) is 4.74 Å². The smallest absolute Gasteiger partial charge is 0.264 e. The van der Waals surface area contributed by atoms with Crippen molar-refractivity contribution in [1.29, 1.82) is 0 Å². The Morgan fingerprint density at radius 3 is 2.29 bits per heavy atom. The number of carbonyl (C=O) groups excluding carboxylic acids is 2. The van der Waals surface area contributed by atoms with Crippen LogP contribution in [0.5, 0.6) is 5.75 Å². The largest absolute Gasteiger partial charge is 0.497 e. The summed E-state index contributed by atoms with van der Waals surface area (Å²) >= 11 is 0. The molecule has 1 heterocycles. The summed E-state index contributed by atoms with van der Waals surface area (Å²) in [5.74, 6) is -1.10. The third kappa shape index (κ3) is 3.18. The van der Waals surface area contributed by atoms with Crippen molar-refractivity contribution in [2.75, 3.05) is 12.1 Å². The van der Waals surface area contributed by atoms with E-state index in [1.807, 2.05) is 48.5 Å². The fourth-order valence-electron chi connectivity index (χ4n) is 3.22. The van der Waals surface area contributed by atoms with Crippen LogP contribution in [0.15, 0.2) is 90.0 Å². The van der Waals surface area contributed by atoms with Crippen molar-refractivity contribution >= 4 is 23.1 Å². The highest BCUT2D eigenvalue weighted by Crippen LogP contribution is 2.29. The van der Waals surface area contributed by atoms with Gasteiger partial charge in [-0.15, -0.1) is 0 Å². The number of hydrazone groups is 1. The molecular formula is C23H18N2O3. The molecule has 3 aromatic rings. The Labute approximate surface area is 162 Å². The number of ether oxygens (including phenoxy) is 1. The van der Waals surface area contributed by atoms with Gasteiger partial charge in [-0.25, -0.2) is 0 Å². The Bertz CT molecular complexity index is 1050. The van der Waals surface area contributed by atoms with E-state index >= 15 is 0 Å². The standard InChI is InChI=1S/C23H18N2O3/c1-28-19-14-8-11-17(15-19)22(26)20-21(16-9-4-2-5-10-16)24-25(23(20)27)18-12-6-3-7-13-18/h2-15,20H,1H3/t20-/m0/s1. The minimum atomic E-state index is -1.00. The van der Waals surface area contributed by atoms with E-state index in [0.29, 0.717) is 22.7 Å². The quantitative estimate of drug-likeness (QED) is 0.505. The molecule has 0 N–H and O–H groups in total. The Morgan fingerprint density at radius 1 is 0.929 bits per heavy atom. The van der Waals surface area contributed by atoms with Gasteiger partial charge < -0.3 is 4.74 Å². The summed E-state index contributed by atoms with van der Waals surface area (Å²) in [5.41, 5.74) is 2.23. The van der Waals surface area contributed by atoms with E-state index in [0.717, 1.165) is 5.56 Å². The third-order valence-electron chi connectivity index (χ3n) is 4.62. The van der Waals surface area contributed by atoms with E-state index in [1.54, 1.807) is 36.4 Å². The number of carbonyl (C=O) groups is 2. The van der Waals surface area contributed by atoms with E-state index in [-0.39, 0.29) is 11.7 Å². The average molecular weight is 370 g/mol. The molecule has 0 spiro atoms. The van der Waals surface area contributed by atoms with Crippen molar-refractivity contribution in [3.63, 3.8) is 0 Å². The molecule has 0 radical (unpaired) electrons. The minimum absolute atomic E-state index is 0.301. The molecule has 0 aliphatic carbocycles. The van der Waals surface area contributed by atoms with Crippen molar-refractivity contribution in [2.24, 2.45) is 11.0 Å². The van der Waals surface area contributed by atoms with Gasteiger partial charge in [0.15, 0.2) is 5.78 Å². The zero-order valence-corrected chi connectivity index (χ0v) is 15.3. The molecule has 5 heteroatoms. The topological polar surface area (TPSA) is 59.0 Å². The molecule has 1 amide bonds. The van der Waals surface area contributed by atoms with Crippen molar-refractivity contribution in [2.45, 2.75) is 0 Å². The van der Waals surface area contributed by atoms with Crippen LogP contribution in [-0.4, -0.2) is 24.5 Å². The monoisotopic (exact) mass is 370 g/mol. The Morgan fingerprint density at radius 2 is 1.61 bits per heavy atom. The van der Waals surface area contributed by atoms with Crippen molar-refractivity contribution < 1.29 is 14.3 Å². The highest BCUT2D eigenvalue weighted by Gasteiger charge is 2.42. The predicted molar refractivity (Wildman–Crippen MR) is 108 cm³/mol. The second-order valence-electron chi connectivity index (χ2n) is 6.37. The highest BCUT2D eigenvalue weighted by atomic mass is 16.5. The molecular weight excluding hydrogens is 352 g/mol. The van der Waals surface area contributed by atoms with Gasteiger partial charge >= 0.3 is 0 Å². The summed E-state index contributed by atoms with van der Waals surface area (Å²) in [6.45, 7) is 0. The molecule has 1 aliphatic heterocycles. The van der Waals surface area contributed by atoms with Crippen LogP contribution in [0, 0.1) is 5.92 Å². The lowest BCUT2D eigenvalue weighted by Gasteiger charge is -2.14. The number of amides is 1. The first kappa shape index (κ1) is 17.7. The molecule has 0 saturated heterocycles. The molecule has 1 aliphatic rings. The van der Waals surface area contributed by atoms with Crippen LogP contribution in [0.4, 0.5) is 5.69 Å². The molecule has 0 fully saturated rings. The van der Waals surface area contributed by atoms with Crippen molar-refractivity contribution in [3.05, 3.63) is 96.1 Å². The molecule has 0 unspecified atom stereocenters. The second-order valence-corrected chi connectivity index (χ2v) is 6.37. The number of methoxy groups -OCH3 is 1. The summed E-state index contributed by atoms with van der Waals surface area (Å²) < 4.78 is 5.22. The lowest BCUT2D eigenvalue weighted by Crippen LogP contribution is -2.33. The van der Waals surface area contributed by atoms with E-state index in [2.05, 4.69) is 5.10 Å². The van der Waals surface area contributed by atoms with Gasteiger partial charge in [-0.05, 0) is 29.8 Å². The molecule has 4 rings (SSSR count). The highest BCUT2D eigenvalue weighted by molar-refractivity contribution is 6.34. The molecule has 0 aromatic heterocycles. The van der Waals surface area contributed by atoms with Crippen molar-refractivity contribution in [3.8, 4) is 5.75 Å². The predicted octanol–water partition coefficient (Wildman–Crippen LogP) is 3.95. The van der Waals surface area contributed by atoms with Gasteiger partial charge in [0, 0.05) is 5.56 Å². The minimum Gasteiger partial charge on any atom is -0.497 e. The van der Waals surface area contributed by atoms with Gasteiger partial charge in [0.05, 0.1) is 18.5 Å². The van der Waals surface area contributed by atoms with Gasteiger partial charge in [0.1, 0.15) is 11.7 Å². The SMILES string of the molecule is COc1cccc(C(=O)[C@H]2C(=O)N(c3ccccc3)N=C2c2ccccc2)c1. The van der Waals surface area contributed by atoms with Crippen LogP contribution in [0.3, 0.4) is 0 Å². The van der Waals surface area contributed by atoms with Gasteiger partial charge in [-0.3, -0.25) is 9.59 Å². The van der Waals surface area contributed by atoms with Crippen LogP contribution in [0.1, 0.15) is 15.9 Å². The van der Waals surface area contributed by atoms with E-state index in [1.165, 1.54) is 12.1 Å². The maximum absolute atomic E-state index is 13.3. The van der Waals surface area contributed by atoms with E-state index in [9.17, 15) is 9.59 Å².